The molecule has 4 nitrogen and oxygen atoms in total. The van der Waals surface area contributed by atoms with Gasteiger partial charge < -0.3 is 19.5 Å². The van der Waals surface area contributed by atoms with Crippen LogP contribution in [-0.4, -0.2) is 33.9 Å². The van der Waals surface area contributed by atoms with Crippen LogP contribution in [-0.2, 0) is 4.74 Å². The fraction of sp³-hybridized carbons (Fsp3) is 0.500. The lowest BCUT2D eigenvalue weighted by atomic mass is 10.1. The molecule has 4 heteroatoms. The Kier molecular flexibility index (Phi) is 3.64. The van der Waals surface area contributed by atoms with Crippen molar-refractivity contribution in [3.05, 3.63) is 23.8 Å². The third kappa shape index (κ3) is 2.28. The predicted octanol–water partition coefficient (Wildman–Crippen LogP) is 1.36. The standard InChI is InChI=1S/C12H17NO3/c1-14-10-4-3-9(7-11(10)15-2)12-8-13-5-6-16-12/h3-4,7,12-13H,5-6,8H2,1-2H3/t12-/m1/s1. The van der Waals surface area contributed by atoms with Crippen LogP contribution in [0.25, 0.3) is 0 Å². The molecule has 0 aliphatic carbocycles. The van der Waals surface area contributed by atoms with E-state index >= 15 is 0 Å². The molecule has 1 N–H and O–H groups in total. The molecule has 16 heavy (non-hydrogen) atoms. The van der Waals surface area contributed by atoms with Crippen LogP contribution in [0.5, 0.6) is 11.5 Å². The maximum atomic E-state index is 5.68. The summed E-state index contributed by atoms with van der Waals surface area (Å²) in [7, 11) is 3.28. The van der Waals surface area contributed by atoms with Crippen molar-refractivity contribution < 1.29 is 14.2 Å². The Morgan fingerprint density at radius 1 is 1.25 bits per heavy atom. The Hall–Kier alpha value is -1.26. The topological polar surface area (TPSA) is 39.7 Å². The SMILES string of the molecule is COc1ccc([C@H]2CNCCO2)cc1OC. The van der Waals surface area contributed by atoms with Crippen molar-refractivity contribution in [3.8, 4) is 11.5 Å². The van der Waals surface area contributed by atoms with Crippen molar-refractivity contribution in [1.82, 2.24) is 5.32 Å². The second kappa shape index (κ2) is 5.18. The van der Waals surface area contributed by atoms with Crippen molar-refractivity contribution in [1.29, 1.82) is 0 Å². The van der Waals surface area contributed by atoms with Crippen LogP contribution in [0.2, 0.25) is 0 Å². The molecule has 0 spiro atoms. The highest BCUT2D eigenvalue weighted by Crippen LogP contribution is 2.31. The molecule has 0 aromatic heterocycles. The average Bonchev–Trinajstić information content (AvgIpc) is 2.39. The smallest absolute Gasteiger partial charge is 0.161 e. The summed E-state index contributed by atoms with van der Waals surface area (Å²) in [4.78, 5) is 0. The first-order valence-electron chi connectivity index (χ1n) is 5.39. The number of methoxy groups -OCH3 is 2. The molecule has 2 rings (SSSR count). The van der Waals surface area contributed by atoms with E-state index in [0.717, 1.165) is 36.8 Å². The van der Waals surface area contributed by atoms with Crippen LogP contribution in [0.15, 0.2) is 18.2 Å². The van der Waals surface area contributed by atoms with E-state index in [0.29, 0.717) is 0 Å². The van der Waals surface area contributed by atoms with Crippen molar-refractivity contribution >= 4 is 0 Å². The monoisotopic (exact) mass is 223 g/mol. The van der Waals surface area contributed by atoms with Gasteiger partial charge in [-0.25, -0.2) is 0 Å². The number of hydrogen-bond acceptors (Lipinski definition) is 4. The lowest BCUT2D eigenvalue weighted by molar-refractivity contribution is 0.0275. The third-order valence-electron chi connectivity index (χ3n) is 2.71. The van der Waals surface area contributed by atoms with E-state index in [1.807, 2.05) is 18.2 Å². The normalized spacial score (nSPS) is 20.5. The van der Waals surface area contributed by atoms with Gasteiger partial charge in [0.05, 0.1) is 26.9 Å². The van der Waals surface area contributed by atoms with Gasteiger partial charge in [0.25, 0.3) is 0 Å². The van der Waals surface area contributed by atoms with Gasteiger partial charge in [-0.3, -0.25) is 0 Å². The fourth-order valence-electron chi connectivity index (χ4n) is 1.83. The lowest BCUT2D eigenvalue weighted by Crippen LogP contribution is -2.33. The van der Waals surface area contributed by atoms with E-state index < -0.39 is 0 Å². The molecule has 0 unspecified atom stereocenters. The largest absolute Gasteiger partial charge is 0.493 e. The number of morpholine rings is 1. The maximum Gasteiger partial charge on any atom is 0.161 e. The second-order valence-electron chi connectivity index (χ2n) is 3.68. The number of rotatable bonds is 3. The van der Waals surface area contributed by atoms with Crippen molar-refractivity contribution in [2.45, 2.75) is 6.10 Å². The van der Waals surface area contributed by atoms with Crippen molar-refractivity contribution in [2.24, 2.45) is 0 Å². The van der Waals surface area contributed by atoms with Crippen LogP contribution < -0.4 is 14.8 Å². The number of benzene rings is 1. The summed E-state index contributed by atoms with van der Waals surface area (Å²) in [6.45, 7) is 2.51. The van der Waals surface area contributed by atoms with Gasteiger partial charge in [0.1, 0.15) is 0 Å². The summed E-state index contributed by atoms with van der Waals surface area (Å²) in [6, 6.07) is 5.89. The van der Waals surface area contributed by atoms with Gasteiger partial charge in [0.15, 0.2) is 11.5 Å². The molecule has 1 aliphatic heterocycles. The minimum atomic E-state index is 0.105. The Labute approximate surface area is 95.5 Å². The van der Waals surface area contributed by atoms with Crippen molar-refractivity contribution in [3.63, 3.8) is 0 Å². The highest BCUT2D eigenvalue weighted by molar-refractivity contribution is 5.43. The van der Waals surface area contributed by atoms with Gasteiger partial charge in [-0.1, -0.05) is 6.07 Å². The number of ether oxygens (including phenoxy) is 3. The highest BCUT2D eigenvalue weighted by atomic mass is 16.5. The number of nitrogens with one attached hydrogen (secondary N) is 1. The molecule has 1 aromatic rings. The van der Waals surface area contributed by atoms with Crippen LogP contribution in [0, 0.1) is 0 Å². The van der Waals surface area contributed by atoms with Crippen LogP contribution in [0.4, 0.5) is 0 Å². The first kappa shape index (κ1) is 11.2. The molecular weight excluding hydrogens is 206 g/mol. The molecule has 88 valence electrons. The number of hydrogen-bond donors (Lipinski definition) is 1. The first-order valence-corrected chi connectivity index (χ1v) is 5.39. The van der Waals surface area contributed by atoms with Gasteiger partial charge in [0, 0.05) is 13.1 Å². The molecule has 1 aliphatic rings. The molecule has 0 amide bonds. The second-order valence-corrected chi connectivity index (χ2v) is 3.68. The maximum absolute atomic E-state index is 5.68. The molecule has 1 atom stereocenters. The van der Waals surface area contributed by atoms with E-state index in [-0.39, 0.29) is 6.10 Å². The van der Waals surface area contributed by atoms with Crippen LogP contribution >= 0.6 is 0 Å². The predicted molar refractivity (Wildman–Crippen MR) is 61.1 cm³/mol. The van der Waals surface area contributed by atoms with E-state index in [1.165, 1.54) is 0 Å². The molecule has 1 heterocycles. The molecule has 0 bridgehead atoms. The summed E-state index contributed by atoms with van der Waals surface area (Å²) >= 11 is 0. The summed E-state index contributed by atoms with van der Waals surface area (Å²) in [6.07, 6.45) is 0.105. The lowest BCUT2D eigenvalue weighted by Gasteiger charge is -2.24. The van der Waals surface area contributed by atoms with Gasteiger partial charge in [-0.2, -0.15) is 0 Å². The van der Waals surface area contributed by atoms with Crippen molar-refractivity contribution in [2.75, 3.05) is 33.9 Å². The van der Waals surface area contributed by atoms with Crippen LogP contribution in [0.3, 0.4) is 0 Å². The molecule has 0 saturated carbocycles. The highest BCUT2D eigenvalue weighted by Gasteiger charge is 2.17. The zero-order valence-corrected chi connectivity index (χ0v) is 9.66. The molecule has 1 saturated heterocycles. The van der Waals surface area contributed by atoms with Gasteiger partial charge >= 0.3 is 0 Å². The summed E-state index contributed by atoms with van der Waals surface area (Å²) < 4.78 is 16.1. The summed E-state index contributed by atoms with van der Waals surface area (Å²) in [5.41, 5.74) is 1.12. The Morgan fingerprint density at radius 2 is 2.06 bits per heavy atom. The minimum absolute atomic E-state index is 0.105. The van der Waals surface area contributed by atoms with Gasteiger partial charge in [-0.05, 0) is 17.7 Å². The van der Waals surface area contributed by atoms with Gasteiger partial charge in [-0.15, -0.1) is 0 Å². The Bertz CT molecular complexity index is 348. The molecule has 1 fully saturated rings. The Morgan fingerprint density at radius 3 is 2.69 bits per heavy atom. The fourth-order valence-corrected chi connectivity index (χ4v) is 1.83. The molecule has 0 radical (unpaired) electrons. The minimum Gasteiger partial charge on any atom is -0.493 e. The third-order valence-corrected chi connectivity index (χ3v) is 2.71. The summed E-state index contributed by atoms with van der Waals surface area (Å²) in [5, 5.41) is 3.30. The van der Waals surface area contributed by atoms with E-state index in [4.69, 9.17) is 14.2 Å². The van der Waals surface area contributed by atoms with E-state index in [9.17, 15) is 0 Å². The van der Waals surface area contributed by atoms with E-state index in [1.54, 1.807) is 14.2 Å². The average molecular weight is 223 g/mol. The quantitative estimate of drug-likeness (QED) is 0.840. The van der Waals surface area contributed by atoms with Gasteiger partial charge in [0.2, 0.25) is 0 Å². The zero-order chi connectivity index (χ0) is 11.4. The Balaban J connectivity index is 2.20. The zero-order valence-electron chi connectivity index (χ0n) is 9.66. The van der Waals surface area contributed by atoms with E-state index in [2.05, 4.69) is 5.32 Å². The first-order chi connectivity index (χ1) is 7.85. The molecular formula is C12H17NO3. The van der Waals surface area contributed by atoms with Crippen LogP contribution in [0.1, 0.15) is 11.7 Å². The molecule has 1 aromatic carbocycles. The summed E-state index contributed by atoms with van der Waals surface area (Å²) in [5.74, 6) is 1.49.